The lowest BCUT2D eigenvalue weighted by atomic mass is 10.1. The van der Waals surface area contributed by atoms with Crippen LogP contribution in [0.15, 0.2) is 28.7 Å². The number of nitrogens with zero attached hydrogens (tertiary/aromatic N) is 1. The number of aliphatic hydroxyl groups excluding tert-OH is 1. The van der Waals surface area contributed by atoms with Crippen molar-refractivity contribution in [2.45, 2.75) is 31.4 Å². The first-order valence-electron chi connectivity index (χ1n) is 7.47. The van der Waals surface area contributed by atoms with Crippen LogP contribution in [0.4, 0.5) is 0 Å². The third-order valence-corrected chi connectivity index (χ3v) is 4.77. The molecule has 1 aromatic rings. The number of hydrogen-bond donors (Lipinski definition) is 1. The van der Waals surface area contributed by atoms with Gasteiger partial charge in [0.1, 0.15) is 0 Å². The van der Waals surface area contributed by atoms with Crippen molar-refractivity contribution in [2.75, 3.05) is 26.3 Å². The zero-order valence-corrected chi connectivity index (χ0v) is 13.3. The number of rotatable bonds is 6. The fraction of sp³-hybridized carbons (Fsp3) is 0.625. The van der Waals surface area contributed by atoms with Gasteiger partial charge in [-0.2, -0.15) is 0 Å². The molecule has 1 heterocycles. The lowest BCUT2D eigenvalue weighted by molar-refractivity contribution is 0.0940. The van der Waals surface area contributed by atoms with Crippen LogP contribution in [0.25, 0.3) is 0 Å². The molecule has 1 saturated heterocycles. The number of aliphatic hydroxyl groups is 1. The second-order valence-electron chi connectivity index (χ2n) is 5.98. The molecule has 0 radical (unpaired) electrons. The van der Waals surface area contributed by atoms with E-state index in [-0.39, 0.29) is 0 Å². The minimum atomic E-state index is -0.397. The van der Waals surface area contributed by atoms with Gasteiger partial charge in [-0.1, -0.05) is 28.1 Å². The van der Waals surface area contributed by atoms with Crippen molar-refractivity contribution >= 4 is 15.9 Å². The van der Waals surface area contributed by atoms with E-state index in [1.54, 1.807) is 0 Å². The highest BCUT2D eigenvalue weighted by Gasteiger charge is 2.32. The molecule has 1 N–H and O–H groups in total. The average molecular weight is 340 g/mol. The molecular formula is C16H22BrNO2. The fourth-order valence-electron chi connectivity index (χ4n) is 2.88. The Labute approximate surface area is 129 Å². The molecule has 0 aromatic heterocycles. The van der Waals surface area contributed by atoms with E-state index in [2.05, 4.69) is 20.8 Å². The molecular weight excluding hydrogens is 318 g/mol. The second-order valence-corrected chi connectivity index (χ2v) is 6.90. The fourth-order valence-corrected chi connectivity index (χ4v) is 3.15. The second kappa shape index (κ2) is 6.56. The Morgan fingerprint density at radius 1 is 1.25 bits per heavy atom. The summed E-state index contributed by atoms with van der Waals surface area (Å²) in [5.74, 6) is 0.646. The summed E-state index contributed by atoms with van der Waals surface area (Å²) in [7, 11) is 0. The number of halogens is 1. The Hall–Kier alpha value is -0.420. The molecule has 2 unspecified atom stereocenters. The van der Waals surface area contributed by atoms with Crippen molar-refractivity contribution in [1.29, 1.82) is 0 Å². The molecule has 1 aliphatic heterocycles. The van der Waals surface area contributed by atoms with Crippen molar-refractivity contribution < 1.29 is 9.84 Å². The summed E-state index contributed by atoms with van der Waals surface area (Å²) in [6, 6.07) is 8.66. The Morgan fingerprint density at radius 2 is 2.00 bits per heavy atom. The lowest BCUT2D eigenvalue weighted by Crippen LogP contribution is -2.35. The first kappa shape index (κ1) is 14.5. The molecule has 0 bridgehead atoms. The maximum absolute atomic E-state index is 10.4. The van der Waals surface area contributed by atoms with Crippen LogP contribution in [0.2, 0.25) is 0 Å². The van der Waals surface area contributed by atoms with Gasteiger partial charge >= 0.3 is 0 Å². The van der Waals surface area contributed by atoms with Crippen molar-refractivity contribution in [3.8, 4) is 0 Å². The van der Waals surface area contributed by atoms with Gasteiger partial charge in [0.05, 0.1) is 12.7 Å². The minimum absolute atomic E-state index is 0.397. The molecule has 3 rings (SSSR count). The maximum atomic E-state index is 10.4. The van der Waals surface area contributed by atoms with E-state index >= 15 is 0 Å². The van der Waals surface area contributed by atoms with Crippen LogP contribution < -0.4 is 0 Å². The van der Waals surface area contributed by atoms with Crippen LogP contribution in [0.3, 0.4) is 0 Å². The van der Waals surface area contributed by atoms with Crippen molar-refractivity contribution in [1.82, 2.24) is 4.90 Å². The molecule has 0 amide bonds. The summed E-state index contributed by atoms with van der Waals surface area (Å²) in [6.07, 6.45) is 3.32. The van der Waals surface area contributed by atoms with Gasteiger partial charge in [0, 0.05) is 30.2 Å². The van der Waals surface area contributed by atoms with Crippen LogP contribution in [0, 0.1) is 5.92 Å². The maximum Gasteiger partial charge on any atom is 0.0917 e. The Balaban J connectivity index is 1.59. The van der Waals surface area contributed by atoms with E-state index in [9.17, 15) is 5.11 Å². The largest absolute Gasteiger partial charge is 0.387 e. The van der Waals surface area contributed by atoms with Crippen LogP contribution in [0.5, 0.6) is 0 Å². The van der Waals surface area contributed by atoms with Crippen molar-refractivity contribution in [2.24, 2.45) is 5.92 Å². The quantitative estimate of drug-likeness (QED) is 0.864. The Bertz CT molecular complexity index is 427. The molecule has 2 aliphatic rings. The highest BCUT2D eigenvalue weighted by molar-refractivity contribution is 9.10. The zero-order valence-electron chi connectivity index (χ0n) is 11.7. The molecule has 4 heteroatoms. The molecule has 20 heavy (non-hydrogen) atoms. The van der Waals surface area contributed by atoms with Crippen molar-refractivity contribution in [3.05, 3.63) is 34.3 Å². The SMILES string of the molecule is OC(CN(CC1CCOC1)C1CC1)c1ccc(Br)cc1. The van der Waals surface area contributed by atoms with Crippen LogP contribution in [-0.2, 0) is 4.74 Å². The highest BCUT2D eigenvalue weighted by atomic mass is 79.9. The van der Waals surface area contributed by atoms with Gasteiger partial charge in [-0.15, -0.1) is 0 Å². The number of hydrogen-bond acceptors (Lipinski definition) is 3. The third-order valence-electron chi connectivity index (χ3n) is 4.24. The molecule has 3 nitrogen and oxygen atoms in total. The van der Waals surface area contributed by atoms with Gasteiger partial charge in [0.2, 0.25) is 0 Å². The van der Waals surface area contributed by atoms with E-state index < -0.39 is 6.10 Å². The molecule has 1 saturated carbocycles. The van der Waals surface area contributed by atoms with Crippen LogP contribution >= 0.6 is 15.9 Å². The summed E-state index contributed by atoms with van der Waals surface area (Å²) >= 11 is 3.43. The zero-order chi connectivity index (χ0) is 13.9. The van der Waals surface area contributed by atoms with E-state index in [0.29, 0.717) is 12.0 Å². The van der Waals surface area contributed by atoms with Crippen LogP contribution in [-0.4, -0.2) is 42.4 Å². The smallest absolute Gasteiger partial charge is 0.0917 e. The predicted octanol–water partition coefficient (Wildman–Crippen LogP) is 2.98. The lowest BCUT2D eigenvalue weighted by Gasteiger charge is -2.27. The summed E-state index contributed by atoms with van der Waals surface area (Å²) in [6.45, 7) is 3.59. The van der Waals surface area contributed by atoms with E-state index in [1.165, 1.54) is 12.8 Å². The van der Waals surface area contributed by atoms with Gasteiger partial charge in [-0.3, -0.25) is 4.90 Å². The number of ether oxygens (including phenoxy) is 1. The summed E-state index contributed by atoms with van der Waals surface area (Å²) in [4.78, 5) is 2.46. The Morgan fingerprint density at radius 3 is 2.60 bits per heavy atom. The third kappa shape index (κ3) is 3.82. The molecule has 2 fully saturated rings. The number of benzene rings is 1. The molecule has 0 spiro atoms. The first-order valence-corrected chi connectivity index (χ1v) is 8.27. The van der Waals surface area contributed by atoms with E-state index in [4.69, 9.17) is 4.74 Å². The molecule has 1 aliphatic carbocycles. The van der Waals surface area contributed by atoms with Crippen molar-refractivity contribution in [3.63, 3.8) is 0 Å². The standard InChI is InChI=1S/C16H22BrNO2/c17-14-3-1-13(2-4-14)16(19)10-18(15-5-6-15)9-12-7-8-20-11-12/h1-4,12,15-16,19H,5-11H2. The van der Waals surface area contributed by atoms with E-state index in [0.717, 1.165) is 42.8 Å². The van der Waals surface area contributed by atoms with Gasteiger partial charge < -0.3 is 9.84 Å². The Kier molecular flexibility index (Phi) is 4.76. The summed E-state index contributed by atoms with van der Waals surface area (Å²) in [5, 5.41) is 10.4. The van der Waals surface area contributed by atoms with Gasteiger partial charge in [0.15, 0.2) is 0 Å². The monoisotopic (exact) mass is 339 g/mol. The summed E-state index contributed by atoms with van der Waals surface area (Å²) in [5.41, 5.74) is 1.00. The highest BCUT2D eigenvalue weighted by Crippen LogP contribution is 2.31. The predicted molar refractivity (Wildman–Crippen MR) is 82.6 cm³/mol. The van der Waals surface area contributed by atoms with Gasteiger partial charge in [-0.05, 0) is 42.9 Å². The van der Waals surface area contributed by atoms with Gasteiger partial charge in [0.25, 0.3) is 0 Å². The molecule has 2 atom stereocenters. The van der Waals surface area contributed by atoms with E-state index in [1.807, 2.05) is 24.3 Å². The van der Waals surface area contributed by atoms with Gasteiger partial charge in [-0.25, -0.2) is 0 Å². The molecule has 1 aromatic carbocycles. The summed E-state index contributed by atoms with van der Waals surface area (Å²) < 4.78 is 6.52. The normalized spacial score (nSPS) is 24.2. The molecule has 110 valence electrons. The topological polar surface area (TPSA) is 32.7 Å². The first-order chi connectivity index (χ1) is 9.72. The van der Waals surface area contributed by atoms with Crippen LogP contribution in [0.1, 0.15) is 30.9 Å². The minimum Gasteiger partial charge on any atom is -0.387 e. The average Bonchev–Trinajstić information content (AvgIpc) is 3.17.